The van der Waals surface area contributed by atoms with Gasteiger partial charge in [-0.15, -0.1) is 0 Å². The van der Waals surface area contributed by atoms with E-state index in [1.54, 1.807) is 0 Å². The Morgan fingerprint density at radius 1 is 0.390 bits per heavy atom. The summed E-state index contributed by atoms with van der Waals surface area (Å²) < 4.78 is 11.2. The highest BCUT2D eigenvalue weighted by Gasteiger charge is 2.20. The lowest BCUT2D eigenvalue weighted by atomic mass is 10.0. The number of benzene rings is 6. The van der Waals surface area contributed by atoms with Crippen LogP contribution in [0.25, 0.3) is 77.3 Å². The SMILES string of the molecule is c1ccc(-n2c3ccccc3c3ccc(-c4ccc5oc6c7ccccc7n(-c7ccccc7)c6c5c4)cc32)cc1. The largest absolute Gasteiger partial charge is 0.454 e. The van der Waals surface area contributed by atoms with Gasteiger partial charge in [0.15, 0.2) is 5.58 Å². The summed E-state index contributed by atoms with van der Waals surface area (Å²) in [7, 11) is 0. The van der Waals surface area contributed by atoms with Gasteiger partial charge in [0.05, 0.1) is 16.6 Å². The van der Waals surface area contributed by atoms with Gasteiger partial charge in [-0.2, -0.15) is 0 Å². The maximum atomic E-state index is 6.52. The summed E-state index contributed by atoms with van der Waals surface area (Å²) in [5, 5.41) is 4.75. The number of para-hydroxylation sites is 4. The van der Waals surface area contributed by atoms with E-state index in [1.165, 1.54) is 27.4 Å². The van der Waals surface area contributed by atoms with Gasteiger partial charge in [0.1, 0.15) is 11.1 Å². The van der Waals surface area contributed by atoms with Gasteiger partial charge >= 0.3 is 0 Å². The lowest BCUT2D eigenvalue weighted by Gasteiger charge is -2.09. The molecular formula is C38H24N2O. The Hall–Kier alpha value is -5.54. The van der Waals surface area contributed by atoms with E-state index in [2.05, 4.69) is 155 Å². The highest BCUT2D eigenvalue weighted by Crippen LogP contribution is 2.41. The Labute approximate surface area is 236 Å². The molecule has 6 aromatic carbocycles. The van der Waals surface area contributed by atoms with Crippen molar-refractivity contribution < 1.29 is 4.42 Å². The van der Waals surface area contributed by atoms with Crippen LogP contribution in [0.5, 0.6) is 0 Å². The van der Waals surface area contributed by atoms with Crippen LogP contribution in [0.2, 0.25) is 0 Å². The van der Waals surface area contributed by atoms with E-state index in [-0.39, 0.29) is 0 Å². The lowest BCUT2D eigenvalue weighted by Crippen LogP contribution is -1.93. The molecule has 41 heavy (non-hydrogen) atoms. The van der Waals surface area contributed by atoms with E-state index in [0.29, 0.717) is 0 Å². The molecule has 3 aromatic heterocycles. The molecular weight excluding hydrogens is 500 g/mol. The predicted molar refractivity (Wildman–Crippen MR) is 170 cm³/mol. The average Bonchev–Trinajstić information content (AvgIpc) is 3.68. The lowest BCUT2D eigenvalue weighted by molar-refractivity contribution is 0.673. The molecule has 0 spiro atoms. The molecule has 0 atom stereocenters. The van der Waals surface area contributed by atoms with E-state index < -0.39 is 0 Å². The Morgan fingerprint density at radius 3 is 1.71 bits per heavy atom. The topological polar surface area (TPSA) is 23.0 Å². The van der Waals surface area contributed by atoms with E-state index >= 15 is 0 Å². The maximum absolute atomic E-state index is 6.52. The van der Waals surface area contributed by atoms with Crippen LogP contribution in [0.15, 0.2) is 150 Å². The molecule has 0 saturated carbocycles. The third-order valence-corrected chi connectivity index (χ3v) is 8.31. The van der Waals surface area contributed by atoms with Gasteiger partial charge in [-0.25, -0.2) is 0 Å². The second-order valence-corrected chi connectivity index (χ2v) is 10.6. The van der Waals surface area contributed by atoms with Crippen LogP contribution in [0.1, 0.15) is 0 Å². The zero-order valence-corrected chi connectivity index (χ0v) is 22.2. The highest BCUT2D eigenvalue weighted by atomic mass is 16.3. The van der Waals surface area contributed by atoms with E-state index in [1.807, 2.05) is 0 Å². The number of rotatable bonds is 3. The zero-order chi connectivity index (χ0) is 26.9. The normalized spacial score (nSPS) is 11.9. The molecule has 0 unspecified atom stereocenters. The third-order valence-electron chi connectivity index (χ3n) is 8.31. The molecule has 3 heteroatoms. The summed E-state index contributed by atoms with van der Waals surface area (Å²) in [4.78, 5) is 0. The maximum Gasteiger partial charge on any atom is 0.161 e. The minimum Gasteiger partial charge on any atom is -0.454 e. The molecule has 0 N–H and O–H groups in total. The van der Waals surface area contributed by atoms with Crippen LogP contribution in [0.3, 0.4) is 0 Å². The summed E-state index contributed by atoms with van der Waals surface area (Å²) >= 11 is 0. The number of fused-ring (bicyclic) bond motifs is 8. The highest BCUT2D eigenvalue weighted by molar-refractivity contribution is 6.17. The molecule has 0 fully saturated rings. The Kier molecular flexibility index (Phi) is 4.61. The van der Waals surface area contributed by atoms with Crippen molar-refractivity contribution in [1.29, 1.82) is 0 Å². The molecule has 0 saturated heterocycles. The van der Waals surface area contributed by atoms with Crippen molar-refractivity contribution in [3.05, 3.63) is 146 Å². The van der Waals surface area contributed by atoms with Crippen molar-refractivity contribution in [2.24, 2.45) is 0 Å². The van der Waals surface area contributed by atoms with Crippen molar-refractivity contribution in [3.63, 3.8) is 0 Å². The minimum atomic E-state index is 0.897. The van der Waals surface area contributed by atoms with Crippen molar-refractivity contribution in [1.82, 2.24) is 9.13 Å². The minimum absolute atomic E-state index is 0.897. The van der Waals surface area contributed by atoms with E-state index in [0.717, 1.165) is 49.9 Å². The molecule has 9 aromatic rings. The summed E-state index contributed by atoms with van der Waals surface area (Å²) in [6, 6.07) is 51.7. The van der Waals surface area contributed by atoms with Crippen LogP contribution in [-0.2, 0) is 0 Å². The van der Waals surface area contributed by atoms with E-state index in [4.69, 9.17) is 4.42 Å². The summed E-state index contributed by atoms with van der Waals surface area (Å²) in [5.74, 6) is 0. The van der Waals surface area contributed by atoms with Gasteiger partial charge in [0.25, 0.3) is 0 Å². The predicted octanol–water partition coefficient (Wildman–Crippen LogP) is 10.3. The molecule has 9 rings (SSSR count). The van der Waals surface area contributed by atoms with Crippen molar-refractivity contribution in [3.8, 4) is 22.5 Å². The standard InChI is InChI=1S/C38H24N2O/c1-3-11-27(12-4-1)39-33-17-9-7-15-29(33)30-21-19-26(24-35(30)39)25-20-22-36-32(23-25)37-38(41-36)31-16-8-10-18-34(31)40(37)28-13-5-2-6-14-28/h1-24H. The Balaban J connectivity index is 1.32. The van der Waals surface area contributed by atoms with Crippen LogP contribution in [0, 0.1) is 0 Å². The third kappa shape index (κ3) is 3.20. The number of furan rings is 1. The van der Waals surface area contributed by atoms with Crippen LogP contribution in [0.4, 0.5) is 0 Å². The number of nitrogens with zero attached hydrogens (tertiary/aromatic N) is 2. The molecule has 0 aliphatic carbocycles. The second-order valence-electron chi connectivity index (χ2n) is 10.6. The average molecular weight is 525 g/mol. The van der Waals surface area contributed by atoms with Crippen LogP contribution >= 0.6 is 0 Å². The molecule has 0 aliphatic heterocycles. The van der Waals surface area contributed by atoms with Gasteiger partial charge in [0, 0.05) is 32.9 Å². The molecule has 0 bridgehead atoms. The molecule has 0 radical (unpaired) electrons. The van der Waals surface area contributed by atoms with Crippen molar-refractivity contribution in [2.45, 2.75) is 0 Å². The van der Waals surface area contributed by atoms with Gasteiger partial charge in [-0.3, -0.25) is 0 Å². The fourth-order valence-corrected chi connectivity index (χ4v) is 6.50. The summed E-state index contributed by atoms with van der Waals surface area (Å²) in [6.07, 6.45) is 0. The first kappa shape index (κ1) is 22.3. The first-order valence-corrected chi connectivity index (χ1v) is 14.0. The molecule has 3 nitrogen and oxygen atoms in total. The smallest absolute Gasteiger partial charge is 0.161 e. The molecule has 0 amide bonds. The van der Waals surface area contributed by atoms with Gasteiger partial charge in [-0.05, 0) is 71.8 Å². The van der Waals surface area contributed by atoms with Gasteiger partial charge in [0.2, 0.25) is 0 Å². The first-order valence-electron chi connectivity index (χ1n) is 14.0. The van der Waals surface area contributed by atoms with Crippen molar-refractivity contribution >= 4 is 54.8 Å². The van der Waals surface area contributed by atoms with Gasteiger partial charge in [-0.1, -0.05) is 84.9 Å². The number of hydrogen-bond acceptors (Lipinski definition) is 1. The summed E-state index contributed by atoms with van der Waals surface area (Å²) in [6.45, 7) is 0. The zero-order valence-electron chi connectivity index (χ0n) is 22.2. The van der Waals surface area contributed by atoms with Crippen LogP contribution < -0.4 is 0 Å². The van der Waals surface area contributed by atoms with Gasteiger partial charge < -0.3 is 13.6 Å². The number of aromatic nitrogens is 2. The molecule has 0 aliphatic rings. The van der Waals surface area contributed by atoms with Crippen molar-refractivity contribution in [2.75, 3.05) is 0 Å². The monoisotopic (exact) mass is 524 g/mol. The number of hydrogen-bond donors (Lipinski definition) is 0. The first-order chi connectivity index (χ1) is 20.3. The van der Waals surface area contributed by atoms with E-state index in [9.17, 15) is 0 Å². The second kappa shape index (κ2) is 8.48. The van der Waals surface area contributed by atoms with Crippen LogP contribution in [-0.4, -0.2) is 9.13 Å². The molecule has 192 valence electrons. The fourth-order valence-electron chi connectivity index (χ4n) is 6.50. The molecule has 3 heterocycles. The fraction of sp³-hybridized carbons (Fsp3) is 0. The summed E-state index contributed by atoms with van der Waals surface area (Å²) in [5.41, 5.74) is 11.1. The Morgan fingerprint density at radius 2 is 0.951 bits per heavy atom. The Bertz CT molecular complexity index is 2410. The quantitative estimate of drug-likeness (QED) is 0.225.